The molecular formula is C19H16NO4S-. The van der Waals surface area contributed by atoms with Crippen LogP contribution in [0.3, 0.4) is 0 Å². The number of hydrogen-bond donors (Lipinski definition) is 1. The Morgan fingerprint density at radius 2 is 1.56 bits per heavy atom. The lowest BCUT2D eigenvalue weighted by atomic mass is 10.1. The fourth-order valence-corrected chi connectivity index (χ4v) is 3.93. The first-order chi connectivity index (χ1) is 12.0. The molecule has 5 nitrogen and oxygen atoms in total. The Balaban J connectivity index is 1.95. The lowest BCUT2D eigenvalue weighted by molar-refractivity contribution is -0.306. The summed E-state index contributed by atoms with van der Waals surface area (Å²) in [5.74, 6) is -1.32. The summed E-state index contributed by atoms with van der Waals surface area (Å²) in [5.41, 5.74) is 0.566. The van der Waals surface area contributed by atoms with Crippen LogP contribution in [0.25, 0.3) is 10.8 Å². The van der Waals surface area contributed by atoms with E-state index in [-0.39, 0.29) is 4.90 Å². The molecule has 0 radical (unpaired) electrons. The maximum absolute atomic E-state index is 12.7. The molecule has 128 valence electrons. The van der Waals surface area contributed by atoms with Crippen molar-refractivity contribution in [1.29, 1.82) is 0 Å². The van der Waals surface area contributed by atoms with Crippen molar-refractivity contribution in [2.45, 2.75) is 17.4 Å². The highest BCUT2D eigenvalue weighted by Crippen LogP contribution is 2.23. The number of nitrogens with one attached hydrogen (secondary N) is 1. The Labute approximate surface area is 146 Å². The second-order valence-corrected chi connectivity index (χ2v) is 7.38. The largest absolute Gasteiger partial charge is 0.550 e. The van der Waals surface area contributed by atoms with Gasteiger partial charge in [-0.05, 0) is 28.5 Å². The van der Waals surface area contributed by atoms with E-state index < -0.39 is 28.5 Å². The molecule has 25 heavy (non-hydrogen) atoms. The predicted molar refractivity (Wildman–Crippen MR) is 93.1 cm³/mol. The molecule has 0 aliphatic rings. The van der Waals surface area contributed by atoms with Crippen LogP contribution >= 0.6 is 0 Å². The predicted octanol–water partition coefficient (Wildman–Crippen LogP) is 2.00. The topological polar surface area (TPSA) is 86.3 Å². The molecule has 0 unspecified atom stereocenters. The Hall–Kier alpha value is -2.70. The number of carbonyl (C=O) groups is 1. The first-order valence-corrected chi connectivity index (χ1v) is 9.20. The molecule has 0 amide bonds. The van der Waals surface area contributed by atoms with Gasteiger partial charge in [-0.1, -0.05) is 60.7 Å². The van der Waals surface area contributed by atoms with Gasteiger partial charge in [0.1, 0.15) is 0 Å². The molecule has 0 heterocycles. The zero-order valence-corrected chi connectivity index (χ0v) is 14.1. The molecule has 3 aromatic rings. The van der Waals surface area contributed by atoms with Crippen LogP contribution in [0.1, 0.15) is 18.0 Å². The fourth-order valence-electron chi connectivity index (χ4n) is 2.67. The molecule has 1 atom stereocenters. The van der Waals surface area contributed by atoms with Gasteiger partial charge in [-0.2, -0.15) is 0 Å². The molecule has 0 aliphatic carbocycles. The van der Waals surface area contributed by atoms with Gasteiger partial charge in [-0.15, -0.1) is 0 Å². The molecule has 0 fully saturated rings. The first-order valence-electron chi connectivity index (χ1n) is 7.72. The van der Waals surface area contributed by atoms with Crippen molar-refractivity contribution in [2.75, 3.05) is 0 Å². The van der Waals surface area contributed by atoms with Crippen LogP contribution in [0, 0.1) is 0 Å². The van der Waals surface area contributed by atoms with E-state index in [2.05, 4.69) is 4.72 Å². The average Bonchev–Trinajstić information content (AvgIpc) is 2.61. The molecule has 0 aliphatic heterocycles. The quantitative estimate of drug-likeness (QED) is 0.733. The van der Waals surface area contributed by atoms with Gasteiger partial charge in [-0.3, -0.25) is 0 Å². The summed E-state index contributed by atoms with van der Waals surface area (Å²) in [4.78, 5) is 11.1. The zero-order valence-electron chi connectivity index (χ0n) is 13.3. The maximum Gasteiger partial charge on any atom is 0.241 e. The number of rotatable bonds is 6. The van der Waals surface area contributed by atoms with Gasteiger partial charge in [0.25, 0.3) is 0 Å². The summed E-state index contributed by atoms with van der Waals surface area (Å²) >= 11 is 0. The Morgan fingerprint density at radius 3 is 2.24 bits per heavy atom. The van der Waals surface area contributed by atoms with E-state index in [1.54, 1.807) is 42.5 Å². The normalized spacial score (nSPS) is 12.8. The summed E-state index contributed by atoms with van der Waals surface area (Å²) in [6.45, 7) is 0. The Morgan fingerprint density at radius 1 is 0.920 bits per heavy atom. The third-order valence-electron chi connectivity index (χ3n) is 3.90. The summed E-state index contributed by atoms with van der Waals surface area (Å²) in [6, 6.07) is 19.9. The lowest BCUT2D eigenvalue weighted by Gasteiger charge is -2.20. The second kappa shape index (κ2) is 7.04. The van der Waals surface area contributed by atoms with Gasteiger partial charge < -0.3 is 9.90 Å². The smallest absolute Gasteiger partial charge is 0.241 e. The summed E-state index contributed by atoms with van der Waals surface area (Å²) < 4.78 is 27.9. The fraction of sp³-hybridized carbons (Fsp3) is 0.105. The Kier molecular flexibility index (Phi) is 4.83. The lowest BCUT2D eigenvalue weighted by Crippen LogP contribution is -2.34. The van der Waals surface area contributed by atoms with Crippen LogP contribution < -0.4 is 9.83 Å². The van der Waals surface area contributed by atoms with E-state index in [1.807, 2.05) is 24.3 Å². The maximum atomic E-state index is 12.7. The third-order valence-corrected chi connectivity index (χ3v) is 5.37. The number of carbonyl (C=O) groups excluding carboxylic acids is 1. The monoisotopic (exact) mass is 354 g/mol. The molecular weight excluding hydrogens is 338 g/mol. The summed E-state index contributed by atoms with van der Waals surface area (Å²) in [6.07, 6.45) is -0.448. The summed E-state index contributed by atoms with van der Waals surface area (Å²) in [7, 11) is -3.89. The van der Waals surface area contributed by atoms with E-state index in [1.165, 1.54) is 6.07 Å². The number of carboxylic acids is 1. The standard InChI is InChI=1S/C19H17NO4S/c21-19(22)13-18(15-7-2-1-3-8-15)20-25(23,24)17-11-10-14-6-4-5-9-16(14)12-17/h1-12,18,20H,13H2,(H,21,22)/p-1/t18-/m0/s1. The minimum absolute atomic E-state index is 0.0884. The molecule has 0 saturated carbocycles. The van der Waals surface area contributed by atoms with Crippen LogP contribution in [0.15, 0.2) is 77.7 Å². The van der Waals surface area contributed by atoms with Crippen LogP contribution in [-0.4, -0.2) is 14.4 Å². The van der Waals surface area contributed by atoms with E-state index in [4.69, 9.17) is 0 Å². The minimum atomic E-state index is -3.89. The molecule has 0 bridgehead atoms. The van der Waals surface area contributed by atoms with E-state index >= 15 is 0 Å². The van der Waals surface area contributed by atoms with Crippen molar-refractivity contribution < 1.29 is 18.3 Å². The van der Waals surface area contributed by atoms with Crippen LogP contribution in [0.2, 0.25) is 0 Å². The van der Waals surface area contributed by atoms with Crippen LogP contribution in [0.5, 0.6) is 0 Å². The van der Waals surface area contributed by atoms with Gasteiger partial charge in [0.2, 0.25) is 10.0 Å². The Bertz CT molecular complexity index is 1000. The molecule has 0 spiro atoms. The van der Waals surface area contributed by atoms with Crippen molar-refractivity contribution in [2.24, 2.45) is 0 Å². The van der Waals surface area contributed by atoms with E-state index in [0.717, 1.165) is 10.8 Å². The molecule has 0 aromatic heterocycles. The summed E-state index contributed by atoms with van der Waals surface area (Å²) in [5, 5.41) is 12.8. The van der Waals surface area contributed by atoms with E-state index in [0.29, 0.717) is 5.56 Å². The average molecular weight is 354 g/mol. The second-order valence-electron chi connectivity index (χ2n) is 5.67. The third kappa shape index (κ3) is 4.04. The SMILES string of the molecule is O=C([O-])C[C@H](NS(=O)(=O)c1ccc2ccccc2c1)c1ccccc1. The van der Waals surface area contributed by atoms with Crippen molar-refractivity contribution in [3.63, 3.8) is 0 Å². The number of benzene rings is 3. The molecule has 3 rings (SSSR count). The molecule has 0 saturated heterocycles. The van der Waals surface area contributed by atoms with Gasteiger partial charge >= 0.3 is 0 Å². The number of sulfonamides is 1. The van der Waals surface area contributed by atoms with Crippen molar-refractivity contribution in [3.05, 3.63) is 78.4 Å². The highest BCUT2D eigenvalue weighted by molar-refractivity contribution is 7.89. The molecule has 1 N–H and O–H groups in total. The van der Waals surface area contributed by atoms with Gasteiger partial charge in [0, 0.05) is 12.4 Å². The number of hydrogen-bond acceptors (Lipinski definition) is 4. The van der Waals surface area contributed by atoms with Crippen LogP contribution in [-0.2, 0) is 14.8 Å². The zero-order chi connectivity index (χ0) is 17.9. The van der Waals surface area contributed by atoms with Gasteiger partial charge in [0.15, 0.2) is 0 Å². The highest BCUT2D eigenvalue weighted by atomic mass is 32.2. The number of carboxylic acid groups (broad SMARTS) is 1. The number of aliphatic carboxylic acids is 1. The van der Waals surface area contributed by atoms with E-state index in [9.17, 15) is 18.3 Å². The highest BCUT2D eigenvalue weighted by Gasteiger charge is 2.21. The van der Waals surface area contributed by atoms with Crippen molar-refractivity contribution in [1.82, 2.24) is 4.72 Å². The molecule has 6 heteroatoms. The van der Waals surface area contributed by atoms with Gasteiger partial charge in [0.05, 0.1) is 10.9 Å². The molecule has 3 aromatic carbocycles. The van der Waals surface area contributed by atoms with Crippen molar-refractivity contribution in [3.8, 4) is 0 Å². The van der Waals surface area contributed by atoms with Gasteiger partial charge in [-0.25, -0.2) is 13.1 Å². The number of fused-ring (bicyclic) bond motifs is 1. The minimum Gasteiger partial charge on any atom is -0.550 e. The van der Waals surface area contributed by atoms with Crippen molar-refractivity contribution >= 4 is 26.8 Å². The van der Waals surface area contributed by atoms with Crippen LogP contribution in [0.4, 0.5) is 0 Å². The first kappa shape index (κ1) is 17.1.